The van der Waals surface area contributed by atoms with Crippen LogP contribution in [0.5, 0.6) is 0 Å². The van der Waals surface area contributed by atoms with Gasteiger partial charge in [0.15, 0.2) is 0 Å². The van der Waals surface area contributed by atoms with Crippen LogP contribution in [0.25, 0.3) is 0 Å². The maximum Gasteiger partial charge on any atom is 0.234 e. The normalized spacial score (nSPS) is 41.6. The molecule has 0 aromatic heterocycles. The third-order valence-corrected chi connectivity index (χ3v) is 10.9. The van der Waals surface area contributed by atoms with Gasteiger partial charge in [0.2, 0.25) is 5.91 Å². The molecule has 0 aromatic rings. The zero-order valence-electron chi connectivity index (χ0n) is 22.0. The molecule has 5 nitrogen and oxygen atoms in total. The van der Waals surface area contributed by atoms with E-state index < -0.39 is 0 Å². The van der Waals surface area contributed by atoms with Crippen molar-refractivity contribution in [3.8, 4) is 0 Å². The Morgan fingerprint density at radius 3 is 2.62 bits per heavy atom. The van der Waals surface area contributed by atoms with E-state index >= 15 is 0 Å². The summed E-state index contributed by atoms with van der Waals surface area (Å²) in [5.74, 6) is 2.85. The minimum Gasteiger partial charge on any atom is -0.393 e. The summed E-state index contributed by atoms with van der Waals surface area (Å²) in [5, 5.41) is 12.3. The number of hydrogen-bond donors (Lipinski definition) is 2. The van der Waals surface area contributed by atoms with E-state index in [1.807, 2.05) is 0 Å². The standard InChI is InChI=1S/C29H47N3O2/c1-20(5-10-27(34)30-32-17-15-31(4)16-18-32)24-8-9-25-23-7-6-21-19-22(33)11-13-28(21,2)26(23)12-14-29(24,25)3/h6-7,20,22,24-26,33H,5,8-19H2,1-4H3,(H,30,34)/t20-,22?,24-,25+,26+,28+,29-/m1/s1. The van der Waals surface area contributed by atoms with Crippen LogP contribution in [0.3, 0.4) is 0 Å². The van der Waals surface area contributed by atoms with Gasteiger partial charge in [-0.1, -0.05) is 44.1 Å². The van der Waals surface area contributed by atoms with Crippen LogP contribution in [0.2, 0.25) is 0 Å². The fourth-order valence-electron chi connectivity index (χ4n) is 8.67. The number of hydrogen-bond acceptors (Lipinski definition) is 4. The van der Waals surface area contributed by atoms with Gasteiger partial charge in [-0.05, 0) is 92.9 Å². The molecule has 4 aliphatic carbocycles. The second-order valence-corrected chi connectivity index (χ2v) is 12.8. The van der Waals surface area contributed by atoms with Crippen LogP contribution in [-0.4, -0.2) is 60.3 Å². The van der Waals surface area contributed by atoms with Crippen LogP contribution in [0, 0.1) is 34.5 Å². The Hall–Kier alpha value is -1.17. The molecule has 3 saturated carbocycles. The zero-order valence-corrected chi connectivity index (χ0v) is 22.0. The van der Waals surface area contributed by atoms with Gasteiger partial charge >= 0.3 is 0 Å². The lowest BCUT2D eigenvalue weighted by Crippen LogP contribution is -2.52. The highest BCUT2D eigenvalue weighted by atomic mass is 16.3. The number of nitrogens with zero attached hydrogens (tertiary/aromatic N) is 2. The average molecular weight is 470 g/mol. The van der Waals surface area contributed by atoms with Crippen molar-refractivity contribution in [1.82, 2.24) is 15.3 Å². The lowest BCUT2D eigenvalue weighted by atomic mass is 9.50. The van der Waals surface area contributed by atoms with Gasteiger partial charge in [0.05, 0.1) is 6.10 Å². The van der Waals surface area contributed by atoms with Gasteiger partial charge in [0.25, 0.3) is 0 Å². The zero-order chi connectivity index (χ0) is 24.1. The van der Waals surface area contributed by atoms with E-state index in [4.69, 9.17) is 0 Å². The number of amides is 1. The Kier molecular flexibility index (Phi) is 6.76. The van der Waals surface area contributed by atoms with E-state index in [0.717, 1.165) is 51.9 Å². The highest BCUT2D eigenvalue weighted by molar-refractivity contribution is 5.75. The first-order valence-corrected chi connectivity index (χ1v) is 14.0. The third kappa shape index (κ3) is 4.30. The first-order chi connectivity index (χ1) is 16.2. The molecule has 0 aromatic carbocycles. The summed E-state index contributed by atoms with van der Waals surface area (Å²) in [5.41, 5.74) is 7.00. The Balaban J connectivity index is 1.21. The molecule has 5 rings (SSSR count). The molecule has 5 aliphatic rings. The molecule has 4 fully saturated rings. The molecule has 0 spiro atoms. The summed E-state index contributed by atoms with van der Waals surface area (Å²) < 4.78 is 0. The number of fused-ring (bicyclic) bond motifs is 5. The molecular formula is C29H47N3O2. The van der Waals surface area contributed by atoms with Gasteiger partial charge in [-0.15, -0.1) is 0 Å². The minimum absolute atomic E-state index is 0.145. The Labute approximate surface area is 207 Å². The second-order valence-electron chi connectivity index (χ2n) is 12.8. The molecule has 1 unspecified atom stereocenters. The number of aliphatic hydroxyl groups is 1. The Morgan fingerprint density at radius 1 is 1.09 bits per heavy atom. The lowest BCUT2D eigenvalue weighted by Gasteiger charge is -2.55. The van der Waals surface area contributed by atoms with E-state index in [2.05, 4.69) is 55.3 Å². The molecule has 2 N–H and O–H groups in total. The number of likely N-dealkylation sites (N-methyl/N-ethyl adjacent to an activating group) is 1. The summed E-state index contributed by atoms with van der Waals surface area (Å²) in [6.45, 7) is 11.3. The van der Waals surface area contributed by atoms with Crippen LogP contribution in [0.15, 0.2) is 23.3 Å². The van der Waals surface area contributed by atoms with Crippen molar-refractivity contribution in [2.45, 2.75) is 84.7 Å². The molecule has 5 heteroatoms. The van der Waals surface area contributed by atoms with Crippen LogP contribution in [0.1, 0.15) is 78.6 Å². The predicted molar refractivity (Wildman–Crippen MR) is 137 cm³/mol. The Bertz CT molecular complexity index is 844. The molecule has 1 amide bonds. The monoisotopic (exact) mass is 469 g/mol. The topological polar surface area (TPSA) is 55.8 Å². The fraction of sp³-hybridized carbons (Fsp3) is 0.828. The number of aliphatic hydroxyl groups excluding tert-OH is 1. The van der Waals surface area contributed by atoms with Gasteiger partial charge in [-0.3, -0.25) is 10.2 Å². The summed E-state index contributed by atoms with van der Waals surface area (Å²) in [4.78, 5) is 15.0. The fourth-order valence-corrected chi connectivity index (χ4v) is 8.67. The van der Waals surface area contributed by atoms with E-state index in [1.165, 1.54) is 31.3 Å². The number of carbonyl (C=O) groups is 1. The molecule has 1 heterocycles. The number of rotatable bonds is 5. The third-order valence-electron chi connectivity index (χ3n) is 10.9. The number of piperazine rings is 1. The van der Waals surface area contributed by atoms with E-state index in [9.17, 15) is 9.90 Å². The maximum absolute atomic E-state index is 12.7. The van der Waals surface area contributed by atoms with Crippen molar-refractivity contribution >= 4 is 5.91 Å². The van der Waals surface area contributed by atoms with E-state index in [-0.39, 0.29) is 17.4 Å². The number of allylic oxidation sites excluding steroid dienone is 3. The van der Waals surface area contributed by atoms with E-state index in [1.54, 1.807) is 5.57 Å². The van der Waals surface area contributed by atoms with Gasteiger partial charge in [-0.25, -0.2) is 5.01 Å². The smallest absolute Gasteiger partial charge is 0.234 e. The molecule has 1 aliphatic heterocycles. The molecule has 1 saturated heterocycles. The second kappa shape index (κ2) is 9.37. The lowest BCUT2D eigenvalue weighted by molar-refractivity contribution is -0.127. The molecule has 7 atom stereocenters. The summed E-state index contributed by atoms with van der Waals surface area (Å²) in [7, 11) is 2.14. The summed E-state index contributed by atoms with van der Waals surface area (Å²) in [6, 6.07) is 0. The molecule has 190 valence electrons. The maximum atomic E-state index is 12.7. The van der Waals surface area contributed by atoms with Crippen molar-refractivity contribution in [3.05, 3.63) is 23.3 Å². The number of hydrazine groups is 1. The van der Waals surface area contributed by atoms with E-state index in [0.29, 0.717) is 35.5 Å². The van der Waals surface area contributed by atoms with Crippen LogP contribution in [-0.2, 0) is 4.79 Å². The number of carbonyl (C=O) groups excluding carboxylic acids is 1. The largest absolute Gasteiger partial charge is 0.393 e. The molecular weight excluding hydrogens is 422 g/mol. The summed E-state index contributed by atoms with van der Waals surface area (Å²) in [6.07, 6.45) is 14.5. The van der Waals surface area contributed by atoms with Crippen LogP contribution < -0.4 is 5.43 Å². The Morgan fingerprint density at radius 2 is 1.85 bits per heavy atom. The highest BCUT2D eigenvalue weighted by Crippen LogP contribution is 2.66. The average Bonchev–Trinajstić information content (AvgIpc) is 3.17. The van der Waals surface area contributed by atoms with Crippen LogP contribution >= 0.6 is 0 Å². The molecule has 0 bridgehead atoms. The van der Waals surface area contributed by atoms with Crippen LogP contribution in [0.4, 0.5) is 0 Å². The minimum atomic E-state index is -0.145. The summed E-state index contributed by atoms with van der Waals surface area (Å²) >= 11 is 0. The molecule has 0 radical (unpaired) electrons. The van der Waals surface area contributed by atoms with Gasteiger partial charge in [0, 0.05) is 32.6 Å². The first-order valence-electron chi connectivity index (χ1n) is 14.0. The first kappa shape index (κ1) is 24.5. The van der Waals surface area contributed by atoms with Crippen molar-refractivity contribution in [3.63, 3.8) is 0 Å². The van der Waals surface area contributed by atoms with Gasteiger partial charge in [0.1, 0.15) is 0 Å². The van der Waals surface area contributed by atoms with Gasteiger partial charge < -0.3 is 10.0 Å². The quantitative estimate of drug-likeness (QED) is 0.621. The highest BCUT2D eigenvalue weighted by Gasteiger charge is 2.56. The number of nitrogens with one attached hydrogen (secondary N) is 1. The predicted octanol–water partition coefficient (Wildman–Crippen LogP) is 4.54. The van der Waals surface area contributed by atoms with Gasteiger partial charge in [-0.2, -0.15) is 0 Å². The van der Waals surface area contributed by atoms with Crippen molar-refractivity contribution in [1.29, 1.82) is 0 Å². The van der Waals surface area contributed by atoms with Crippen molar-refractivity contribution < 1.29 is 9.90 Å². The van der Waals surface area contributed by atoms with Crippen molar-refractivity contribution in [2.75, 3.05) is 33.2 Å². The SMILES string of the molecule is C[C@H](CCC(=O)NN1CCN(C)CC1)[C@H]1CC[C@H]2C3=CC=C4CC(O)CC[C@]4(C)[C@H]3CC[C@]12C. The molecule has 34 heavy (non-hydrogen) atoms. The van der Waals surface area contributed by atoms with Crippen molar-refractivity contribution in [2.24, 2.45) is 34.5 Å².